The Labute approximate surface area is 510 Å². The van der Waals surface area contributed by atoms with E-state index in [1.54, 1.807) is 19.2 Å². The van der Waals surface area contributed by atoms with Crippen molar-refractivity contribution in [3.63, 3.8) is 0 Å². The van der Waals surface area contributed by atoms with Gasteiger partial charge in [0, 0.05) is 107 Å². The maximum Gasteiger partial charge on any atom is 0.293 e. The number of nitro benzene ring substituents is 1. The third-order valence-corrected chi connectivity index (χ3v) is 22.1. The predicted octanol–water partition coefficient (Wildman–Crippen LogP) is 9.50. The van der Waals surface area contributed by atoms with Crippen molar-refractivity contribution in [2.75, 3.05) is 106 Å². The van der Waals surface area contributed by atoms with E-state index in [2.05, 4.69) is 66.0 Å². The van der Waals surface area contributed by atoms with Crippen LogP contribution in [-0.4, -0.2) is 159 Å². The largest absolute Gasteiger partial charge is 0.493 e. The van der Waals surface area contributed by atoms with Crippen LogP contribution in [0.4, 0.5) is 38.6 Å². The number of piperazine rings is 1. The van der Waals surface area contributed by atoms with Crippen LogP contribution in [0.5, 0.6) is 11.6 Å². The van der Waals surface area contributed by atoms with Gasteiger partial charge in [-0.3, -0.25) is 24.7 Å². The number of benzene rings is 2. The third-order valence-electron chi connectivity index (χ3n) is 19.6. The fourth-order valence-corrected chi connectivity index (χ4v) is 16.6. The lowest BCUT2D eigenvalue weighted by molar-refractivity contribution is -0.384. The molecule has 0 bridgehead atoms. The molecule has 3 atom stereocenters. The maximum absolute atomic E-state index is 15.5. The van der Waals surface area contributed by atoms with Gasteiger partial charge in [0.25, 0.3) is 21.6 Å². The Bertz CT molecular complexity index is 3640. The first-order valence-electron chi connectivity index (χ1n) is 30.8. The number of thiophene rings is 1. The average Bonchev–Trinajstić information content (AvgIpc) is 1.56. The normalized spacial score (nSPS) is 24.6. The minimum Gasteiger partial charge on any atom is -0.493 e. The fraction of sp³-hybridized carbons (Fsp3) is 0.540. The van der Waals surface area contributed by atoms with Crippen molar-refractivity contribution < 1.29 is 46.6 Å². The number of amides is 1. The van der Waals surface area contributed by atoms with Crippen LogP contribution in [0.15, 0.2) is 77.3 Å². The highest BCUT2D eigenvalue weighted by Crippen LogP contribution is 2.54. The van der Waals surface area contributed by atoms with Crippen molar-refractivity contribution in [3.8, 4) is 11.6 Å². The number of methoxy groups -OCH3 is 1. The molecule has 21 nitrogen and oxygen atoms in total. The summed E-state index contributed by atoms with van der Waals surface area (Å²) in [7, 11) is -2.98. The minimum absolute atomic E-state index is 0.0172. The van der Waals surface area contributed by atoms with Crippen LogP contribution in [-0.2, 0) is 26.0 Å². The number of sulfonamides is 1. The summed E-state index contributed by atoms with van der Waals surface area (Å²) in [6.45, 7) is 15.4. The molecule has 24 heteroatoms. The van der Waals surface area contributed by atoms with Crippen LogP contribution in [0, 0.1) is 27.3 Å². The molecule has 6 aromatic rings. The van der Waals surface area contributed by atoms with Gasteiger partial charge < -0.3 is 49.1 Å². The summed E-state index contributed by atoms with van der Waals surface area (Å²) < 4.78 is 70.2. The fourth-order valence-electron chi connectivity index (χ4n) is 14.7. The number of hydrogen-bond donors (Lipinski definition) is 4. The Morgan fingerprint density at radius 3 is 2.52 bits per heavy atom. The smallest absolute Gasteiger partial charge is 0.293 e. The van der Waals surface area contributed by atoms with Crippen molar-refractivity contribution >= 4 is 72.6 Å². The molecule has 87 heavy (non-hydrogen) atoms. The molecule has 0 radical (unpaired) electrons. The number of carbonyl (C=O) groups excluding carboxylic acids is 1. The molecule has 5 aliphatic heterocycles. The number of rotatable bonds is 16. The minimum atomic E-state index is -4.70. The van der Waals surface area contributed by atoms with E-state index < -0.39 is 55.0 Å². The second-order valence-corrected chi connectivity index (χ2v) is 28.2. The second kappa shape index (κ2) is 24.0. The van der Waals surface area contributed by atoms with Gasteiger partial charge in [-0.05, 0) is 147 Å². The number of morpholine rings is 1. The number of aliphatic hydroxyl groups is 1. The summed E-state index contributed by atoms with van der Waals surface area (Å²) in [5, 5.41) is 28.5. The SMILES string of the molecule is COc1cc(CN2CCN(C3CC4(CCN(c5ccc(C(=O)NS(=O)(=O)c6ccc(NCC7CCC(C)(O)CC7)c([N+](=O)[O-])c6)c(N6c7cc8c(F)c[nH]c8nc7O[C@H]7COCC[C@@H]76)c5)CC4)C3)[C@H](c3ccsc3C(C)C)C2)cnc1N1CCOCC1. The van der Waals surface area contributed by atoms with Gasteiger partial charge >= 0.3 is 0 Å². The summed E-state index contributed by atoms with van der Waals surface area (Å²) in [4.78, 5) is 52.1. The van der Waals surface area contributed by atoms with Gasteiger partial charge in [-0.1, -0.05) is 13.8 Å². The topological polar surface area (TPSA) is 233 Å². The quantitative estimate of drug-likeness (QED) is 0.0522. The Hall–Kier alpha value is -6.67. The third kappa shape index (κ3) is 11.9. The molecule has 2 aliphatic carbocycles. The van der Waals surface area contributed by atoms with Crippen molar-refractivity contribution in [3.05, 3.63) is 110 Å². The Balaban J connectivity index is 0.745. The summed E-state index contributed by atoms with van der Waals surface area (Å²) in [6, 6.07) is 15.4. The molecule has 464 valence electrons. The van der Waals surface area contributed by atoms with E-state index >= 15 is 4.39 Å². The molecule has 1 amide bonds. The second-order valence-electron chi connectivity index (χ2n) is 25.6. The number of halogens is 1. The van der Waals surface area contributed by atoms with Crippen molar-refractivity contribution in [2.45, 2.75) is 126 Å². The van der Waals surface area contributed by atoms with Gasteiger partial charge in [-0.15, -0.1) is 11.3 Å². The highest BCUT2D eigenvalue weighted by molar-refractivity contribution is 7.90. The molecule has 2 saturated carbocycles. The predicted molar refractivity (Wildman–Crippen MR) is 331 cm³/mol. The number of pyridine rings is 2. The number of nitrogens with zero attached hydrogens (tertiary/aromatic N) is 8. The van der Waals surface area contributed by atoms with Crippen molar-refractivity contribution in [1.29, 1.82) is 0 Å². The zero-order chi connectivity index (χ0) is 60.4. The van der Waals surface area contributed by atoms with Gasteiger partial charge in [-0.2, -0.15) is 4.98 Å². The van der Waals surface area contributed by atoms with E-state index in [1.807, 2.05) is 41.5 Å². The number of aromatic nitrogens is 3. The van der Waals surface area contributed by atoms with Gasteiger partial charge in [0.2, 0.25) is 5.88 Å². The highest BCUT2D eigenvalue weighted by atomic mass is 32.2. The van der Waals surface area contributed by atoms with E-state index in [9.17, 15) is 28.4 Å². The maximum atomic E-state index is 15.5. The number of nitrogens with one attached hydrogen (secondary N) is 3. The number of H-pyrrole nitrogens is 1. The lowest BCUT2D eigenvalue weighted by Crippen LogP contribution is -2.59. The van der Waals surface area contributed by atoms with E-state index in [4.69, 9.17) is 28.9 Å². The first kappa shape index (κ1) is 59.3. The molecule has 4 saturated heterocycles. The van der Waals surface area contributed by atoms with Crippen molar-refractivity contribution in [1.82, 2.24) is 29.5 Å². The first-order valence-corrected chi connectivity index (χ1v) is 33.1. The molecule has 1 spiro atoms. The van der Waals surface area contributed by atoms with E-state index in [0.29, 0.717) is 69.0 Å². The number of nitro groups is 1. The molecule has 9 heterocycles. The molecular formula is C63H78FN11O10S2. The van der Waals surface area contributed by atoms with E-state index in [0.717, 1.165) is 120 Å². The number of piperidine rings is 1. The lowest BCUT2D eigenvalue weighted by atomic mass is 9.59. The number of ether oxygens (including phenoxy) is 4. The summed E-state index contributed by atoms with van der Waals surface area (Å²) >= 11 is 1.86. The van der Waals surface area contributed by atoms with Gasteiger partial charge in [0.05, 0.1) is 65.0 Å². The van der Waals surface area contributed by atoms with Gasteiger partial charge in [0.1, 0.15) is 28.9 Å². The van der Waals surface area contributed by atoms with Crippen LogP contribution in [0.3, 0.4) is 0 Å². The molecule has 2 aromatic carbocycles. The van der Waals surface area contributed by atoms with E-state index in [1.165, 1.54) is 28.8 Å². The van der Waals surface area contributed by atoms with Crippen LogP contribution < -0.4 is 34.2 Å². The summed E-state index contributed by atoms with van der Waals surface area (Å²) in [5.74, 6) is 0.969. The van der Waals surface area contributed by atoms with Gasteiger partial charge in [-0.25, -0.2) is 22.5 Å². The average molecular weight is 1230 g/mol. The standard InChI is InChI=1S/C63H78FN11O10S2/c1-39(2)57-45(12-26-86-57)54-37-70(36-41-27-55(82-4)59(67-34-41)72-21-24-83-25-22-72)19-20-73(54)43-31-63(32-43)15-17-71(18-16-63)42-5-7-46(51(28-42)74-50-11-23-84-38-56(50)85-61-53(74)30-47-48(64)35-66-58(47)68-61)60(76)69-87(80,81)44-6-8-49(52(29-44)75(78)79)65-33-40-9-13-62(3,77)14-10-40/h5-8,12,26-30,34-35,39-40,43,50,54,56,65,77H,9-11,13-25,31-33,36-38H2,1-4H3,(H,66,68)(H,69,76)/t40?,50-,54-,56-,62?/m0/s1. The molecule has 4 aromatic heterocycles. The molecule has 0 unspecified atom stereocenters. The monoisotopic (exact) mass is 1230 g/mol. The Morgan fingerprint density at radius 1 is 0.966 bits per heavy atom. The zero-order valence-corrected chi connectivity index (χ0v) is 51.5. The molecular weight excluding hydrogens is 1150 g/mol. The highest BCUT2D eigenvalue weighted by Gasteiger charge is 2.51. The van der Waals surface area contributed by atoms with Crippen LogP contribution >= 0.6 is 11.3 Å². The number of anilines is 5. The molecule has 4 N–H and O–H groups in total. The van der Waals surface area contributed by atoms with Crippen LogP contribution in [0.2, 0.25) is 0 Å². The molecule has 13 rings (SSSR count). The Kier molecular flexibility index (Phi) is 16.4. The van der Waals surface area contributed by atoms with Crippen LogP contribution in [0.25, 0.3) is 11.0 Å². The Morgan fingerprint density at radius 2 is 1.76 bits per heavy atom. The summed E-state index contributed by atoms with van der Waals surface area (Å²) in [5.41, 5.74) is 3.60. The first-order chi connectivity index (χ1) is 41.9. The number of hydrogen-bond acceptors (Lipinski definition) is 19. The van der Waals surface area contributed by atoms with Crippen molar-refractivity contribution in [2.24, 2.45) is 11.3 Å². The van der Waals surface area contributed by atoms with Crippen LogP contribution in [0.1, 0.15) is 117 Å². The lowest BCUT2D eigenvalue weighted by Gasteiger charge is -2.58. The molecule has 6 fully saturated rings. The zero-order valence-electron chi connectivity index (χ0n) is 49.8. The molecule has 7 aliphatic rings. The number of fused-ring (bicyclic) bond motifs is 3. The summed E-state index contributed by atoms with van der Waals surface area (Å²) in [6.07, 6.45) is 10.0. The van der Waals surface area contributed by atoms with Gasteiger partial charge in [0.15, 0.2) is 11.6 Å². The number of carbonyl (C=O) groups is 1. The number of aromatic amines is 1. The van der Waals surface area contributed by atoms with E-state index in [-0.39, 0.29) is 52.1 Å².